The van der Waals surface area contributed by atoms with Crippen molar-refractivity contribution in [3.05, 3.63) is 59.4 Å². The lowest BCUT2D eigenvalue weighted by atomic mass is 10.0. The molecule has 0 saturated heterocycles. The average Bonchev–Trinajstić information content (AvgIpc) is 2.61. The Labute approximate surface area is 147 Å². The highest BCUT2D eigenvalue weighted by molar-refractivity contribution is 6.05. The number of esters is 1. The summed E-state index contributed by atoms with van der Waals surface area (Å²) < 4.78 is 4.90. The van der Waals surface area contributed by atoms with Crippen molar-refractivity contribution in [1.29, 1.82) is 0 Å². The SMILES string of the molecule is COC(=O)c1cnc2nc(C)ccc2c1Nc1ccc(C(C)C)cc1. The number of aromatic nitrogens is 2. The molecule has 2 aromatic heterocycles. The van der Waals surface area contributed by atoms with Crippen LogP contribution in [0.4, 0.5) is 11.4 Å². The summed E-state index contributed by atoms with van der Waals surface area (Å²) in [6, 6.07) is 12.0. The fourth-order valence-electron chi connectivity index (χ4n) is 2.67. The summed E-state index contributed by atoms with van der Waals surface area (Å²) in [5, 5.41) is 4.11. The second-order valence-corrected chi connectivity index (χ2v) is 6.26. The smallest absolute Gasteiger partial charge is 0.341 e. The molecule has 0 atom stereocenters. The molecule has 0 unspecified atom stereocenters. The van der Waals surface area contributed by atoms with E-state index in [0.29, 0.717) is 22.8 Å². The summed E-state index contributed by atoms with van der Waals surface area (Å²) in [6.07, 6.45) is 1.51. The predicted molar refractivity (Wildman–Crippen MR) is 99.4 cm³/mol. The van der Waals surface area contributed by atoms with Crippen LogP contribution in [0.3, 0.4) is 0 Å². The fraction of sp³-hybridized carbons (Fsp3) is 0.250. The standard InChI is InChI=1S/C20H21N3O2/c1-12(2)14-6-8-15(9-7-14)23-18-16-10-5-13(3)22-19(16)21-11-17(18)20(24)25-4/h5-12H,1-4H3,(H,21,22,23). The van der Waals surface area contributed by atoms with Crippen molar-refractivity contribution < 1.29 is 9.53 Å². The highest BCUT2D eigenvalue weighted by atomic mass is 16.5. The Hall–Kier alpha value is -2.95. The van der Waals surface area contributed by atoms with Gasteiger partial charge in [0.15, 0.2) is 5.65 Å². The number of benzene rings is 1. The second kappa shape index (κ2) is 6.89. The van der Waals surface area contributed by atoms with E-state index < -0.39 is 5.97 Å². The van der Waals surface area contributed by atoms with Crippen LogP contribution in [0.15, 0.2) is 42.6 Å². The number of fused-ring (bicyclic) bond motifs is 1. The van der Waals surface area contributed by atoms with Crippen molar-refractivity contribution in [3.8, 4) is 0 Å². The molecule has 0 aliphatic heterocycles. The Morgan fingerprint density at radius 3 is 2.48 bits per heavy atom. The van der Waals surface area contributed by atoms with Gasteiger partial charge in [-0.25, -0.2) is 14.8 Å². The van der Waals surface area contributed by atoms with E-state index >= 15 is 0 Å². The number of nitrogens with zero attached hydrogens (tertiary/aromatic N) is 2. The third kappa shape index (κ3) is 3.45. The molecule has 0 fully saturated rings. The minimum Gasteiger partial charge on any atom is -0.465 e. The van der Waals surface area contributed by atoms with Crippen LogP contribution in [0, 0.1) is 6.92 Å². The van der Waals surface area contributed by atoms with Crippen molar-refractivity contribution in [1.82, 2.24) is 9.97 Å². The van der Waals surface area contributed by atoms with Crippen LogP contribution >= 0.6 is 0 Å². The molecule has 0 spiro atoms. The zero-order valence-corrected chi connectivity index (χ0v) is 14.8. The summed E-state index contributed by atoms with van der Waals surface area (Å²) in [4.78, 5) is 20.9. The van der Waals surface area contributed by atoms with Gasteiger partial charge in [0, 0.05) is 23.0 Å². The first-order valence-corrected chi connectivity index (χ1v) is 8.21. The Balaban J connectivity index is 2.09. The molecule has 0 saturated carbocycles. The van der Waals surface area contributed by atoms with Gasteiger partial charge in [0.05, 0.1) is 12.8 Å². The van der Waals surface area contributed by atoms with Gasteiger partial charge < -0.3 is 10.1 Å². The molecule has 0 aliphatic rings. The molecule has 3 aromatic rings. The predicted octanol–water partition coefficient (Wildman–Crippen LogP) is 4.59. The number of methoxy groups -OCH3 is 1. The fourth-order valence-corrected chi connectivity index (χ4v) is 2.67. The Morgan fingerprint density at radius 2 is 1.84 bits per heavy atom. The molecule has 25 heavy (non-hydrogen) atoms. The molecule has 0 amide bonds. The van der Waals surface area contributed by atoms with Crippen LogP contribution in [0.2, 0.25) is 0 Å². The van der Waals surface area contributed by atoms with Crippen LogP contribution in [-0.2, 0) is 4.74 Å². The molecule has 1 N–H and O–H groups in total. The van der Waals surface area contributed by atoms with Crippen LogP contribution in [0.1, 0.15) is 41.4 Å². The van der Waals surface area contributed by atoms with Crippen molar-refractivity contribution >= 4 is 28.4 Å². The molecule has 0 radical (unpaired) electrons. The molecular formula is C20H21N3O2. The number of aryl methyl sites for hydroxylation is 1. The quantitative estimate of drug-likeness (QED) is 0.706. The third-order valence-electron chi connectivity index (χ3n) is 4.12. The van der Waals surface area contributed by atoms with Crippen molar-refractivity contribution in [2.24, 2.45) is 0 Å². The van der Waals surface area contributed by atoms with Gasteiger partial charge in [-0.1, -0.05) is 26.0 Å². The largest absolute Gasteiger partial charge is 0.465 e. The van der Waals surface area contributed by atoms with Gasteiger partial charge in [-0.2, -0.15) is 0 Å². The summed E-state index contributed by atoms with van der Waals surface area (Å²) in [7, 11) is 1.36. The molecule has 5 nitrogen and oxygen atoms in total. The first-order chi connectivity index (χ1) is 12.0. The molecule has 1 aromatic carbocycles. The minimum absolute atomic E-state index is 0.383. The zero-order valence-electron chi connectivity index (χ0n) is 14.8. The maximum Gasteiger partial charge on any atom is 0.341 e. The van der Waals surface area contributed by atoms with Crippen molar-refractivity contribution in [3.63, 3.8) is 0 Å². The van der Waals surface area contributed by atoms with E-state index in [-0.39, 0.29) is 0 Å². The summed E-state index contributed by atoms with van der Waals surface area (Å²) in [5.41, 5.74) is 4.65. The molecule has 2 heterocycles. The third-order valence-corrected chi connectivity index (χ3v) is 4.12. The zero-order chi connectivity index (χ0) is 18.0. The summed E-state index contributed by atoms with van der Waals surface area (Å²) in [5.74, 6) is 0.0323. The first kappa shape index (κ1) is 16.9. The lowest BCUT2D eigenvalue weighted by Crippen LogP contribution is -2.08. The number of ether oxygens (including phenoxy) is 1. The van der Waals surface area contributed by atoms with Gasteiger partial charge in [0.2, 0.25) is 0 Å². The molecule has 0 bridgehead atoms. The van der Waals surface area contributed by atoms with E-state index in [1.807, 2.05) is 31.2 Å². The number of carbonyl (C=O) groups is 1. The summed E-state index contributed by atoms with van der Waals surface area (Å²) >= 11 is 0. The highest BCUT2D eigenvalue weighted by Gasteiger charge is 2.17. The number of pyridine rings is 2. The molecule has 5 heteroatoms. The van der Waals surface area contributed by atoms with E-state index in [2.05, 4.69) is 41.3 Å². The van der Waals surface area contributed by atoms with Crippen molar-refractivity contribution in [2.45, 2.75) is 26.7 Å². The van der Waals surface area contributed by atoms with Gasteiger partial charge in [-0.15, -0.1) is 0 Å². The van der Waals surface area contributed by atoms with Crippen LogP contribution < -0.4 is 5.32 Å². The molecular weight excluding hydrogens is 314 g/mol. The number of hydrogen-bond acceptors (Lipinski definition) is 5. The van der Waals surface area contributed by atoms with Gasteiger partial charge in [0.1, 0.15) is 5.56 Å². The lowest BCUT2D eigenvalue weighted by Gasteiger charge is -2.14. The van der Waals surface area contributed by atoms with E-state index in [4.69, 9.17) is 4.74 Å². The van der Waals surface area contributed by atoms with E-state index in [1.165, 1.54) is 18.9 Å². The molecule has 3 rings (SSSR count). The maximum absolute atomic E-state index is 12.2. The van der Waals surface area contributed by atoms with Gasteiger partial charge in [0.25, 0.3) is 0 Å². The Bertz CT molecular complexity index is 918. The Kier molecular flexibility index (Phi) is 4.65. The Morgan fingerprint density at radius 1 is 1.12 bits per heavy atom. The monoisotopic (exact) mass is 335 g/mol. The van der Waals surface area contributed by atoms with E-state index in [1.54, 1.807) is 0 Å². The first-order valence-electron chi connectivity index (χ1n) is 8.21. The van der Waals surface area contributed by atoms with Crippen molar-refractivity contribution in [2.75, 3.05) is 12.4 Å². The molecule has 0 aliphatic carbocycles. The highest BCUT2D eigenvalue weighted by Crippen LogP contribution is 2.29. The van der Waals surface area contributed by atoms with E-state index in [9.17, 15) is 4.79 Å². The number of rotatable bonds is 4. The van der Waals surface area contributed by atoms with Gasteiger partial charge in [-0.3, -0.25) is 0 Å². The average molecular weight is 335 g/mol. The topological polar surface area (TPSA) is 64.1 Å². The second-order valence-electron chi connectivity index (χ2n) is 6.26. The number of nitrogens with one attached hydrogen (secondary N) is 1. The summed E-state index contributed by atoms with van der Waals surface area (Å²) in [6.45, 7) is 6.22. The maximum atomic E-state index is 12.2. The van der Waals surface area contributed by atoms with Crippen LogP contribution in [0.25, 0.3) is 11.0 Å². The van der Waals surface area contributed by atoms with Gasteiger partial charge >= 0.3 is 5.97 Å². The number of anilines is 2. The minimum atomic E-state index is -0.434. The van der Waals surface area contributed by atoms with E-state index in [0.717, 1.165) is 16.8 Å². The number of hydrogen-bond donors (Lipinski definition) is 1. The number of carbonyl (C=O) groups excluding carboxylic acids is 1. The van der Waals surface area contributed by atoms with Gasteiger partial charge in [-0.05, 0) is 42.7 Å². The van der Waals surface area contributed by atoms with Crippen LogP contribution in [-0.4, -0.2) is 23.0 Å². The normalized spacial score (nSPS) is 10.9. The molecule has 128 valence electrons. The van der Waals surface area contributed by atoms with Crippen LogP contribution in [0.5, 0.6) is 0 Å². The lowest BCUT2D eigenvalue weighted by molar-refractivity contribution is 0.0601.